The first-order chi connectivity index (χ1) is 14.2. The first-order valence-corrected chi connectivity index (χ1v) is 9.63. The molecular formula is C22H19FN4O2. The van der Waals surface area contributed by atoms with Crippen LogP contribution in [0.4, 0.5) is 4.39 Å². The number of nitrogens with one attached hydrogen (secondary N) is 1. The van der Waals surface area contributed by atoms with Crippen LogP contribution in [-0.4, -0.2) is 39.0 Å². The predicted molar refractivity (Wildman–Crippen MR) is 106 cm³/mol. The highest BCUT2D eigenvalue weighted by molar-refractivity contribution is 5.92. The van der Waals surface area contributed by atoms with Gasteiger partial charge in [-0.2, -0.15) is 0 Å². The quantitative estimate of drug-likeness (QED) is 0.563. The maximum Gasteiger partial charge on any atom is 0.292 e. The van der Waals surface area contributed by atoms with Crippen LogP contribution in [0, 0.1) is 5.82 Å². The highest BCUT2D eigenvalue weighted by Gasteiger charge is 2.28. The van der Waals surface area contributed by atoms with E-state index in [4.69, 9.17) is 4.52 Å². The molecule has 6 nitrogen and oxygen atoms in total. The number of hydrogen-bond acceptors (Lipinski definition) is 4. The van der Waals surface area contributed by atoms with Crippen LogP contribution in [0.25, 0.3) is 22.3 Å². The Morgan fingerprint density at radius 2 is 2.07 bits per heavy atom. The first-order valence-electron chi connectivity index (χ1n) is 9.63. The van der Waals surface area contributed by atoms with Crippen molar-refractivity contribution in [2.75, 3.05) is 13.1 Å². The van der Waals surface area contributed by atoms with Gasteiger partial charge in [0.05, 0.1) is 11.0 Å². The number of carbonyl (C=O) groups is 1. The predicted octanol–water partition coefficient (Wildman–Crippen LogP) is 4.38. The number of aromatic nitrogens is 3. The van der Waals surface area contributed by atoms with Crippen LogP contribution >= 0.6 is 0 Å². The van der Waals surface area contributed by atoms with E-state index in [-0.39, 0.29) is 23.4 Å². The number of carbonyl (C=O) groups excluding carboxylic acids is 1. The summed E-state index contributed by atoms with van der Waals surface area (Å²) in [5, 5.41) is 3.98. The molecule has 0 radical (unpaired) electrons. The summed E-state index contributed by atoms with van der Waals surface area (Å²) in [6.07, 6.45) is 3.70. The molecule has 4 heterocycles. The second kappa shape index (κ2) is 7.16. The van der Waals surface area contributed by atoms with E-state index in [0.29, 0.717) is 24.3 Å². The van der Waals surface area contributed by atoms with Crippen LogP contribution in [-0.2, 0) is 0 Å². The van der Waals surface area contributed by atoms with Crippen molar-refractivity contribution in [2.24, 2.45) is 0 Å². The molecule has 3 aromatic heterocycles. The molecule has 1 saturated heterocycles. The fourth-order valence-corrected chi connectivity index (χ4v) is 3.90. The number of H-pyrrole nitrogens is 1. The van der Waals surface area contributed by atoms with Crippen molar-refractivity contribution in [1.82, 2.24) is 20.0 Å². The average Bonchev–Trinajstić information content (AvgIpc) is 3.41. The van der Waals surface area contributed by atoms with Gasteiger partial charge in [0.15, 0.2) is 0 Å². The zero-order chi connectivity index (χ0) is 19.8. The molecule has 1 amide bonds. The van der Waals surface area contributed by atoms with Crippen LogP contribution in [0.15, 0.2) is 59.3 Å². The molecule has 1 aromatic carbocycles. The highest BCUT2D eigenvalue weighted by atomic mass is 19.1. The highest BCUT2D eigenvalue weighted by Crippen LogP contribution is 2.29. The van der Waals surface area contributed by atoms with Crippen molar-refractivity contribution >= 4 is 16.9 Å². The number of nitrogens with zero attached hydrogens (tertiary/aromatic N) is 3. The Kier molecular flexibility index (Phi) is 4.35. The van der Waals surface area contributed by atoms with Crippen molar-refractivity contribution < 1.29 is 13.7 Å². The van der Waals surface area contributed by atoms with Gasteiger partial charge in [-0.3, -0.25) is 9.78 Å². The lowest BCUT2D eigenvalue weighted by atomic mass is 9.94. The molecule has 0 spiro atoms. The van der Waals surface area contributed by atoms with E-state index in [2.05, 4.69) is 21.2 Å². The minimum absolute atomic E-state index is 0.176. The van der Waals surface area contributed by atoms with Crippen molar-refractivity contribution in [3.63, 3.8) is 0 Å². The molecule has 0 bridgehead atoms. The number of rotatable bonds is 3. The minimum atomic E-state index is -0.319. The molecule has 0 aliphatic carbocycles. The van der Waals surface area contributed by atoms with Gasteiger partial charge in [-0.05, 0) is 55.3 Å². The molecular weight excluding hydrogens is 371 g/mol. The Bertz CT molecular complexity index is 1130. The summed E-state index contributed by atoms with van der Waals surface area (Å²) in [5.74, 6) is -0.0745. The standard InChI is InChI=1S/C22H19FN4O2/c23-16-7-5-14(6-8-16)19-12-21(29-26-19)22(28)27-10-2-3-15(13-27)18-11-20-17(25-18)4-1-9-24-20/h1,4-9,11-12,15,25H,2-3,10,13H2/t15-/m1/s1. The molecule has 146 valence electrons. The van der Waals surface area contributed by atoms with E-state index in [1.807, 2.05) is 17.0 Å². The summed E-state index contributed by atoms with van der Waals surface area (Å²) in [6.45, 7) is 1.29. The van der Waals surface area contributed by atoms with E-state index in [0.717, 1.165) is 29.6 Å². The van der Waals surface area contributed by atoms with E-state index in [1.54, 1.807) is 24.4 Å². The van der Waals surface area contributed by atoms with Crippen molar-refractivity contribution in [2.45, 2.75) is 18.8 Å². The summed E-state index contributed by atoms with van der Waals surface area (Å²) >= 11 is 0. The molecule has 0 unspecified atom stereocenters. The number of hydrogen-bond donors (Lipinski definition) is 1. The second-order valence-corrected chi connectivity index (χ2v) is 7.33. The summed E-state index contributed by atoms with van der Waals surface area (Å²) in [5.41, 5.74) is 4.26. The molecule has 0 saturated carbocycles. The number of piperidine rings is 1. The molecule has 1 aliphatic heterocycles. The lowest BCUT2D eigenvalue weighted by Gasteiger charge is -2.31. The lowest BCUT2D eigenvalue weighted by Crippen LogP contribution is -2.39. The van der Waals surface area contributed by atoms with Crippen LogP contribution in [0.1, 0.15) is 35.0 Å². The average molecular weight is 390 g/mol. The first kappa shape index (κ1) is 17.6. The molecule has 4 aromatic rings. The molecule has 5 rings (SSSR count). The van der Waals surface area contributed by atoms with E-state index < -0.39 is 0 Å². The Morgan fingerprint density at radius 1 is 1.21 bits per heavy atom. The van der Waals surface area contributed by atoms with E-state index >= 15 is 0 Å². The normalized spacial score (nSPS) is 17.0. The van der Waals surface area contributed by atoms with Gasteiger partial charge in [-0.15, -0.1) is 0 Å². The van der Waals surface area contributed by atoms with E-state index in [1.165, 1.54) is 12.1 Å². The molecule has 29 heavy (non-hydrogen) atoms. The Labute approximate surface area is 166 Å². The van der Waals surface area contributed by atoms with Crippen molar-refractivity contribution in [3.05, 3.63) is 72.0 Å². The van der Waals surface area contributed by atoms with Gasteiger partial charge in [0.1, 0.15) is 11.5 Å². The maximum absolute atomic E-state index is 13.1. The van der Waals surface area contributed by atoms with Crippen LogP contribution in [0.3, 0.4) is 0 Å². The maximum atomic E-state index is 13.1. The molecule has 7 heteroatoms. The minimum Gasteiger partial charge on any atom is -0.357 e. The molecule has 1 atom stereocenters. The zero-order valence-electron chi connectivity index (χ0n) is 15.6. The lowest BCUT2D eigenvalue weighted by molar-refractivity contribution is 0.0664. The number of amides is 1. The zero-order valence-corrected chi connectivity index (χ0v) is 15.6. The number of pyridine rings is 1. The van der Waals surface area contributed by atoms with Gasteiger partial charge in [0, 0.05) is 42.5 Å². The summed E-state index contributed by atoms with van der Waals surface area (Å²) in [6, 6.07) is 13.5. The Hall–Kier alpha value is -3.48. The topological polar surface area (TPSA) is 75.0 Å². The monoisotopic (exact) mass is 390 g/mol. The third kappa shape index (κ3) is 3.40. The number of halogens is 1. The fraction of sp³-hybridized carbons (Fsp3) is 0.227. The van der Waals surface area contributed by atoms with Crippen molar-refractivity contribution in [1.29, 1.82) is 0 Å². The Balaban J connectivity index is 1.34. The van der Waals surface area contributed by atoms with Gasteiger partial charge < -0.3 is 14.4 Å². The number of benzene rings is 1. The summed E-state index contributed by atoms with van der Waals surface area (Å²) < 4.78 is 18.4. The van der Waals surface area contributed by atoms with Gasteiger partial charge in [-0.25, -0.2) is 4.39 Å². The second-order valence-electron chi connectivity index (χ2n) is 7.33. The third-order valence-corrected chi connectivity index (χ3v) is 5.42. The van der Waals surface area contributed by atoms with Gasteiger partial charge in [0.25, 0.3) is 5.91 Å². The largest absolute Gasteiger partial charge is 0.357 e. The Morgan fingerprint density at radius 3 is 2.90 bits per heavy atom. The third-order valence-electron chi connectivity index (χ3n) is 5.42. The summed E-state index contributed by atoms with van der Waals surface area (Å²) in [4.78, 5) is 22.6. The van der Waals surface area contributed by atoms with Gasteiger partial charge >= 0.3 is 0 Å². The van der Waals surface area contributed by atoms with Gasteiger partial charge in [0.2, 0.25) is 5.76 Å². The summed E-state index contributed by atoms with van der Waals surface area (Å²) in [7, 11) is 0. The smallest absolute Gasteiger partial charge is 0.292 e. The number of aromatic amines is 1. The number of likely N-dealkylation sites (tertiary alicyclic amines) is 1. The van der Waals surface area contributed by atoms with Crippen LogP contribution < -0.4 is 0 Å². The molecule has 1 N–H and O–H groups in total. The van der Waals surface area contributed by atoms with E-state index in [9.17, 15) is 9.18 Å². The van der Waals surface area contributed by atoms with Crippen LogP contribution in [0.5, 0.6) is 0 Å². The van der Waals surface area contributed by atoms with Crippen molar-refractivity contribution in [3.8, 4) is 11.3 Å². The number of fused-ring (bicyclic) bond motifs is 1. The van der Waals surface area contributed by atoms with Crippen LogP contribution in [0.2, 0.25) is 0 Å². The molecule has 1 aliphatic rings. The fourth-order valence-electron chi connectivity index (χ4n) is 3.90. The van der Waals surface area contributed by atoms with Gasteiger partial charge in [-0.1, -0.05) is 5.16 Å². The SMILES string of the molecule is O=C(c1cc(-c2ccc(F)cc2)no1)N1CCC[C@@H](c2cc3ncccc3[nH]2)C1. The molecule has 1 fully saturated rings.